The Labute approximate surface area is 151 Å². The van der Waals surface area contributed by atoms with Gasteiger partial charge in [0, 0.05) is 24.0 Å². The molecule has 3 aromatic rings. The Kier molecular flexibility index (Phi) is 4.42. The molecule has 0 radical (unpaired) electrons. The van der Waals surface area contributed by atoms with Gasteiger partial charge in [-0.3, -0.25) is 4.90 Å². The van der Waals surface area contributed by atoms with Gasteiger partial charge >= 0.3 is 0 Å². The molecule has 5 heteroatoms. The Morgan fingerprint density at radius 1 is 1.04 bits per heavy atom. The number of aromatic nitrogens is 1. The van der Waals surface area contributed by atoms with Crippen molar-refractivity contribution in [2.24, 2.45) is 0 Å². The first kappa shape index (κ1) is 16.1. The van der Waals surface area contributed by atoms with Crippen LogP contribution in [0, 0.1) is 6.92 Å². The van der Waals surface area contributed by atoms with Crippen LogP contribution in [0.4, 0.5) is 0 Å². The smallest absolute Gasteiger partial charge is 0.231 e. The summed E-state index contributed by atoms with van der Waals surface area (Å²) in [5, 5.41) is 3.22. The van der Waals surface area contributed by atoms with Crippen molar-refractivity contribution < 1.29 is 9.47 Å². The molecular weight excluding hydrogens is 332 g/mol. The maximum Gasteiger partial charge on any atom is 0.231 e. The Morgan fingerprint density at radius 3 is 2.68 bits per heavy atom. The number of fused-ring (bicyclic) bond motifs is 1. The lowest BCUT2D eigenvalue weighted by Gasteiger charge is -2.15. The van der Waals surface area contributed by atoms with Crippen LogP contribution in [-0.4, -0.2) is 23.7 Å². The highest BCUT2D eigenvalue weighted by Gasteiger charge is 2.14. The van der Waals surface area contributed by atoms with Crippen LogP contribution >= 0.6 is 11.3 Å². The Morgan fingerprint density at radius 2 is 1.84 bits per heavy atom. The van der Waals surface area contributed by atoms with E-state index in [0.717, 1.165) is 35.3 Å². The summed E-state index contributed by atoms with van der Waals surface area (Å²) in [5.41, 5.74) is 4.76. The van der Waals surface area contributed by atoms with E-state index in [1.54, 1.807) is 11.3 Å². The van der Waals surface area contributed by atoms with Gasteiger partial charge in [0.25, 0.3) is 0 Å². The van der Waals surface area contributed by atoms with Crippen LogP contribution in [-0.2, 0) is 13.1 Å². The number of nitrogens with zero attached hydrogens (tertiary/aromatic N) is 2. The number of ether oxygens (including phenoxy) is 2. The van der Waals surface area contributed by atoms with Crippen LogP contribution in [0.5, 0.6) is 11.5 Å². The SMILES string of the molecule is Cc1ccc(-c2nc(CN(C)Cc3ccc4c(c3)OCO4)cs2)cc1. The second kappa shape index (κ2) is 6.86. The molecule has 25 heavy (non-hydrogen) atoms. The van der Waals surface area contributed by atoms with Gasteiger partial charge in [-0.1, -0.05) is 35.9 Å². The largest absolute Gasteiger partial charge is 0.454 e. The number of rotatable bonds is 5. The van der Waals surface area contributed by atoms with Gasteiger partial charge in [-0.05, 0) is 31.7 Å². The van der Waals surface area contributed by atoms with Crippen molar-refractivity contribution >= 4 is 11.3 Å². The summed E-state index contributed by atoms with van der Waals surface area (Å²) in [6.45, 7) is 4.07. The van der Waals surface area contributed by atoms with Crippen LogP contribution in [0.15, 0.2) is 47.8 Å². The lowest BCUT2D eigenvalue weighted by molar-refractivity contribution is 0.174. The predicted molar refractivity (Wildman–Crippen MR) is 100 cm³/mol. The van der Waals surface area contributed by atoms with Gasteiger partial charge in [-0.15, -0.1) is 11.3 Å². The maximum atomic E-state index is 5.45. The molecule has 0 fully saturated rings. The van der Waals surface area contributed by atoms with Crippen molar-refractivity contribution in [2.75, 3.05) is 13.8 Å². The van der Waals surface area contributed by atoms with E-state index in [2.05, 4.69) is 60.6 Å². The molecule has 0 unspecified atom stereocenters. The third kappa shape index (κ3) is 3.67. The van der Waals surface area contributed by atoms with Gasteiger partial charge in [0.2, 0.25) is 6.79 Å². The first-order valence-electron chi connectivity index (χ1n) is 8.26. The van der Waals surface area contributed by atoms with Gasteiger partial charge in [0.15, 0.2) is 11.5 Å². The van der Waals surface area contributed by atoms with Crippen molar-refractivity contribution in [1.29, 1.82) is 0 Å². The molecule has 0 N–H and O–H groups in total. The first-order valence-corrected chi connectivity index (χ1v) is 9.14. The van der Waals surface area contributed by atoms with E-state index in [1.807, 2.05) is 6.07 Å². The van der Waals surface area contributed by atoms with Gasteiger partial charge in [0.05, 0.1) is 5.69 Å². The second-order valence-corrected chi connectivity index (χ2v) is 7.23. The summed E-state index contributed by atoms with van der Waals surface area (Å²) >= 11 is 1.70. The minimum atomic E-state index is 0.315. The monoisotopic (exact) mass is 352 g/mol. The molecular formula is C20H20N2O2S. The highest BCUT2D eigenvalue weighted by Crippen LogP contribution is 2.33. The fourth-order valence-corrected chi connectivity index (χ4v) is 3.71. The number of thiazole rings is 1. The highest BCUT2D eigenvalue weighted by molar-refractivity contribution is 7.13. The third-order valence-corrected chi connectivity index (χ3v) is 5.11. The molecule has 2 aromatic carbocycles. The Hall–Kier alpha value is -2.37. The molecule has 0 amide bonds. The molecule has 0 spiro atoms. The number of benzene rings is 2. The third-order valence-electron chi connectivity index (χ3n) is 4.17. The van der Waals surface area contributed by atoms with Gasteiger partial charge in [0.1, 0.15) is 5.01 Å². The first-order chi connectivity index (χ1) is 12.2. The zero-order valence-corrected chi connectivity index (χ0v) is 15.2. The quantitative estimate of drug-likeness (QED) is 0.678. The van der Waals surface area contributed by atoms with Crippen molar-refractivity contribution in [1.82, 2.24) is 9.88 Å². The van der Waals surface area contributed by atoms with E-state index in [4.69, 9.17) is 14.5 Å². The van der Waals surface area contributed by atoms with Crippen LogP contribution < -0.4 is 9.47 Å². The van der Waals surface area contributed by atoms with Gasteiger partial charge < -0.3 is 9.47 Å². The average Bonchev–Trinajstić information content (AvgIpc) is 3.24. The lowest BCUT2D eigenvalue weighted by atomic mass is 10.2. The summed E-state index contributed by atoms with van der Waals surface area (Å²) in [4.78, 5) is 7.04. The van der Waals surface area contributed by atoms with Crippen molar-refractivity contribution in [3.05, 3.63) is 64.7 Å². The molecule has 4 rings (SSSR count). The van der Waals surface area contributed by atoms with E-state index >= 15 is 0 Å². The fraction of sp³-hybridized carbons (Fsp3) is 0.250. The van der Waals surface area contributed by atoms with E-state index < -0.39 is 0 Å². The summed E-state index contributed by atoms with van der Waals surface area (Å²) in [6, 6.07) is 14.6. The zero-order valence-electron chi connectivity index (χ0n) is 14.4. The average molecular weight is 352 g/mol. The Bertz CT molecular complexity index is 874. The number of aryl methyl sites for hydroxylation is 1. The molecule has 0 saturated heterocycles. The topological polar surface area (TPSA) is 34.6 Å². The molecule has 0 bridgehead atoms. The minimum absolute atomic E-state index is 0.315. The van der Waals surface area contributed by atoms with Crippen LogP contribution in [0.1, 0.15) is 16.8 Å². The molecule has 0 atom stereocenters. The summed E-state index contributed by atoms with van der Waals surface area (Å²) in [6.07, 6.45) is 0. The lowest BCUT2D eigenvalue weighted by Crippen LogP contribution is -2.17. The molecule has 4 nitrogen and oxygen atoms in total. The van der Waals surface area contributed by atoms with E-state index in [9.17, 15) is 0 Å². The summed E-state index contributed by atoms with van der Waals surface area (Å²) in [5.74, 6) is 1.66. The fourth-order valence-electron chi connectivity index (χ4n) is 2.89. The summed E-state index contributed by atoms with van der Waals surface area (Å²) in [7, 11) is 2.11. The molecule has 1 aliphatic rings. The summed E-state index contributed by atoms with van der Waals surface area (Å²) < 4.78 is 10.8. The van der Waals surface area contributed by atoms with Crippen LogP contribution in [0.3, 0.4) is 0 Å². The van der Waals surface area contributed by atoms with Gasteiger partial charge in [-0.2, -0.15) is 0 Å². The van der Waals surface area contributed by atoms with Crippen LogP contribution in [0.2, 0.25) is 0 Å². The molecule has 2 heterocycles. The molecule has 0 saturated carbocycles. The maximum absolute atomic E-state index is 5.45. The van der Waals surface area contributed by atoms with Crippen LogP contribution in [0.25, 0.3) is 10.6 Å². The van der Waals surface area contributed by atoms with Crippen molar-refractivity contribution in [3.63, 3.8) is 0 Å². The number of hydrogen-bond acceptors (Lipinski definition) is 5. The van der Waals surface area contributed by atoms with E-state index in [-0.39, 0.29) is 0 Å². The van der Waals surface area contributed by atoms with Crippen molar-refractivity contribution in [3.8, 4) is 22.1 Å². The van der Waals surface area contributed by atoms with Gasteiger partial charge in [-0.25, -0.2) is 4.98 Å². The minimum Gasteiger partial charge on any atom is -0.454 e. The second-order valence-electron chi connectivity index (χ2n) is 6.37. The highest BCUT2D eigenvalue weighted by atomic mass is 32.1. The zero-order chi connectivity index (χ0) is 17.2. The number of hydrogen-bond donors (Lipinski definition) is 0. The Balaban J connectivity index is 1.41. The normalized spacial score (nSPS) is 12.8. The molecule has 0 aliphatic carbocycles. The standard InChI is InChI=1S/C20H20N2O2S/c1-14-3-6-16(7-4-14)20-21-17(12-25-20)11-22(2)10-15-5-8-18-19(9-15)24-13-23-18/h3-9,12H,10-11,13H2,1-2H3. The molecule has 1 aromatic heterocycles. The molecule has 128 valence electrons. The van der Waals surface area contributed by atoms with E-state index in [1.165, 1.54) is 16.7 Å². The van der Waals surface area contributed by atoms with E-state index in [0.29, 0.717) is 6.79 Å². The predicted octanol–water partition coefficient (Wildman–Crippen LogP) is 4.48. The molecule has 1 aliphatic heterocycles. The van der Waals surface area contributed by atoms with Crippen molar-refractivity contribution in [2.45, 2.75) is 20.0 Å².